The molecule has 0 saturated carbocycles. The Bertz CT molecular complexity index is 956. The second-order valence-electron chi connectivity index (χ2n) is 5.30. The molecule has 0 bridgehead atoms. The van der Waals surface area contributed by atoms with E-state index in [1.54, 1.807) is 24.3 Å². The third-order valence-electron chi connectivity index (χ3n) is 3.56. The van der Waals surface area contributed by atoms with E-state index < -0.39 is 10.0 Å². The second-order valence-corrected chi connectivity index (χ2v) is 6.98. The molecule has 0 radical (unpaired) electrons. The third-order valence-corrected chi connectivity index (χ3v) is 4.93. The number of nitrogen functional groups attached to an aromatic ring is 1. The molecule has 3 N–H and O–H groups in total. The lowest BCUT2D eigenvalue weighted by molar-refractivity contribution is 0.601. The summed E-state index contributed by atoms with van der Waals surface area (Å²) in [5.41, 5.74) is 9.44. The van der Waals surface area contributed by atoms with Crippen molar-refractivity contribution in [1.82, 2.24) is 9.97 Å². The van der Waals surface area contributed by atoms with Gasteiger partial charge < -0.3 is 5.73 Å². The van der Waals surface area contributed by atoms with Crippen LogP contribution in [0, 0.1) is 6.92 Å². The third kappa shape index (κ3) is 3.36. The number of aryl methyl sites for hydroxylation is 1. The van der Waals surface area contributed by atoms with E-state index in [2.05, 4.69) is 14.7 Å². The molecule has 0 spiro atoms. The summed E-state index contributed by atoms with van der Waals surface area (Å²) in [6.45, 7) is 1.98. The van der Waals surface area contributed by atoms with Crippen LogP contribution in [-0.4, -0.2) is 18.4 Å². The molecule has 6 nitrogen and oxygen atoms in total. The van der Waals surface area contributed by atoms with Crippen molar-refractivity contribution in [2.24, 2.45) is 0 Å². The molecule has 1 heterocycles. The van der Waals surface area contributed by atoms with Gasteiger partial charge in [0.2, 0.25) is 0 Å². The summed E-state index contributed by atoms with van der Waals surface area (Å²) in [6, 6.07) is 13.8. The van der Waals surface area contributed by atoms with E-state index in [0.29, 0.717) is 5.69 Å². The zero-order valence-electron chi connectivity index (χ0n) is 13.0. The monoisotopic (exact) mass is 340 g/mol. The lowest BCUT2D eigenvalue weighted by atomic mass is 10.0. The van der Waals surface area contributed by atoms with Crippen molar-refractivity contribution in [3.05, 3.63) is 66.6 Å². The molecule has 3 rings (SSSR count). The molecule has 0 saturated heterocycles. The highest BCUT2D eigenvalue weighted by Gasteiger charge is 2.15. The van der Waals surface area contributed by atoms with Crippen molar-refractivity contribution >= 4 is 21.5 Å². The van der Waals surface area contributed by atoms with Gasteiger partial charge in [-0.2, -0.15) is 0 Å². The van der Waals surface area contributed by atoms with E-state index in [1.807, 2.05) is 25.1 Å². The van der Waals surface area contributed by atoms with Crippen LogP contribution in [0.4, 0.5) is 11.5 Å². The lowest BCUT2D eigenvalue weighted by Crippen LogP contribution is -2.13. The van der Waals surface area contributed by atoms with Gasteiger partial charge in [-0.05, 0) is 53.9 Å². The smallest absolute Gasteiger partial charge is 0.263 e. The van der Waals surface area contributed by atoms with E-state index in [4.69, 9.17) is 5.73 Å². The number of hydrogen-bond acceptors (Lipinski definition) is 5. The number of hydrogen-bond donors (Lipinski definition) is 2. The van der Waals surface area contributed by atoms with Crippen LogP contribution >= 0.6 is 0 Å². The van der Waals surface area contributed by atoms with Gasteiger partial charge in [0.05, 0.1) is 4.90 Å². The fourth-order valence-corrected chi connectivity index (χ4v) is 3.32. The summed E-state index contributed by atoms with van der Waals surface area (Å²) in [5.74, 6) is 0.223. The Kier molecular flexibility index (Phi) is 4.18. The Labute approximate surface area is 140 Å². The maximum absolute atomic E-state index is 12.4. The largest absolute Gasteiger partial charge is 0.399 e. The standard InChI is InChI=1S/C17H16N4O2S/c1-12-2-5-14(18)10-16(12)13-3-6-15(7-4-13)24(22,23)21-17-8-9-19-11-20-17/h2-11H,18H2,1H3,(H,19,20,21). The summed E-state index contributed by atoms with van der Waals surface area (Å²) < 4.78 is 27.2. The average molecular weight is 340 g/mol. The molecule has 0 amide bonds. The minimum absolute atomic E-state index is 0.159. The van der Waals surface area contributed by atoms with Gasteiger partial charge in [-0.3, -0.25) is 4.72 Å². The molecule has 7 heteroatoms. The van der Waals surface area contributed by atoms with Crippen molar-refractivity contribution in [2.75, 3.05) is 10.5 Å². The molecule has 24 heavy (non-hydrogen) atoms. The molecular weight excluding hydrogens is 324 g/mol. The fourth-order valence-electron chi connectivity index (χ4n) is 2.31. The molecule has 0 aliphatic heterocycles. The van der Waals surface area contributed by atoms with E-state index in [9.17, 15) is 8.42 Å². The van der Waals surface area contributed by atoms with Crippen LogP contribution in [-0.2, 0) is 10.0 Å². The molecule has 0 aliphatic carbocycles. The van der Waals surface area contributed by atoms with Crippen LogP contribution < -0.4 is 10.5 Å². The first-order valence-corrected chi connectivity index (χ1v) is 8.69. The normalized spacial score (nSPS) is 11.2. The van der Waals surface area contributed by atoms with Crippen LogP contribution in [0.1, 0.15) is 5.56 Å². The van der Waals surface area contributed by atoms with Crippen LogP contribution in [0.2, 0.25) is 0 Å². The average Bonchev–Trinajstić information content (AvgIpc) is 2.58. The predicted molar refractivity (Wildman–Crippen MR) is 93.9 cm³/mol. The number of nitrogens with one attached hydrogen (secondary N) is 1. The van der Waals surface area contributed by atoms with Gasteiger partial charge >= 0.3 is 0 Å². The SMILES string of the molecule is Cc1ccc(N)cc1-c1ccc(S(=O)(=O)Nc2ccncn2)cc1. The quantitative estimate of drug-likeness (QED) is 0.712. The van der Waals surface area contributed by atoms with Crippen LogP contribution in [0.5, 0.6) is 0 Å². The van der Waals surface area contributed by atoms with Crippen molar-refractivity contribution in [3.63, 3.8) is 0 Å². The lowest BCUT2D eigenvalue weighted by Gasteiger charge is -2.10. The molecular formula is C17H16N4O2S. The van der Waals surface area contributed by atoms with Crippen molar-refractivity contribution in [2.45, 2.75) is 11.8 Å². The van der Waals surface area contributed by atoms with Crippen LogP contribution in [0.25, 0.3) is 11.1 Å². The van der Waals surface area contributed by atoms with Crippen molar-refractivity contribution in [3.8, 4) is 11.1 Å². The van der Waals surface area contributed by atoms with E-state index in [-0.39, 0.29) is 10.7 Å². The van der Waals surface area contributed by atoms with E-state index in [0.717, 1.165) is 16.7 Å². The first kappa shape index (κ1) is 15.9. The Morgan fingerprint density at radius 2 is 1.79 bits per heavy atom. The van der Waals surface area contributed by atoms with Crippen molar-refractivity contribution in [1.29, 1.82) is 0 Å². The van der Waals surface area contributed by atoms with Gasteiger partial charge in [0, 0.05) is 11.9 Å². The highest BCUT2D eigenvalue weighted by molar-refractivity contribution is 7.92. The van der Waals surface area contributed by atoms with Crippen molar-refractivity contribution < 1.29 is 8.42 Å². The molecule has 0 atom stereocenters. The van der Waals surface area contributed by atoms with E-state index >= 15 is 0 Å². The fraction of sp³-hybridized carbons (Fsp3) is 0.0588. The van der Waals surface area contributed by atoms with Gasteiger partial charge in [-0.15, -0.1) is 0 Å². The molecule has 122 valence electrons. The predicted octanol–water partition coefficient (Wildman–Crippen LogP) is 2.84. The Morgan fingerprint density at radius 3 is 2.46 bits per heavy atom. The number of sulfonamides is 1. The van der Waals surface area contributed by atoms with Gasteiger partial charge in [0.15, 0.2) is 0 Å². The van der Waals surface area contributed by atoms with Crippen LogP contribution in [0.3, 0.4) is 0 Å². The summed E-state index contributed by atoms with van der Waals surface area (Å²) in [4.78, 5) is 7.77. The molecule has 0 fully saturated rings. The van der Waals surface area contributed by atoms with Gasteiger partial charge in [0.1, 0.15) is 12.1 Å². The molecule has 2 aromatic carbocycles. The number of nitrogens with zero attached hydrogens (tertiary/aromatic N) is 2. The Morgan fingerprint density at radius 1 is 1.04 bits per heavy atom. The molecule has 0 unspecified atom stereocenters. The number of aromatic nitrogens is 2. The first-order chi connectivity index (χ1) is 11.5. The number of anilines is 2. The number of rotatable bonds is 4. The molecule has 3 aromatic rings. The number of nitrogens with two attached hydrogens (primary N) is 1. The summed E-state index contributed by atoms with van der Waals surface area (Å²) >= 11 is 0. The van der Waals surface area contributed by atoms with Gasteiger partial charge in [0.25, 0.3) is 10.0 Å². The van der Waals surface area contributed by atoms with Gasteiger partial charge in [-0.25, -0.2) is 18.4 Å². The summed E-state index contributed by atoms with van der Waals surface area (Å²) in [5, 5.41) is 0. The minimum atomic E-state index is -3.70. The molecule has 0 aliphatic rings. The Hall–Kier alpha value is -2.93. The highest BCUT2D eigenvalue weighted by atomic mass is 32.2. The summed E-state index contributed by atoms with van der Waals surface area (Å²) in [7, 11) is -3.70. The maximum atomic E-state index is 12.4. The first-order valence-electron chi connectivity index (χ1n) is 7.21. The maximum Gasteiger partial charge on any atom is 0.263 e. The number of benzene rings is 2. The zero-order chi connectivity index (χ0) is 17.2. The zero-order valence-corrected chi connectivity index (χ0v) is 13.8. The molecule has 1 aromatic heterocycles. The highest BCUT2D eigenvalue weighted by Crippen LogP contribution is 2.27. The second kappa shape index (κ2) is 6.29. The van der Waals surface area contributed by atoms with Gasteiger partial charge in [-0.1, -0.05) is 18.2 Å². The topological polar surface area (TPSA) is 98.0 Å². The minimum Gasteiger partial charge on any atom is -0.399 e. The van der Waals surface area contributed by atoms with Crippen LogP contribution in [0.15, 0.2) is 66.0 Å². The Balaban J connectivity index is 1.90. The summed E-state index contributed by atoms with van der Waals surface area (Å²) in [6.07, 6.45) is 2.75. The van der Waals surface area contributed by atoms with E-state index in [1.165, 1.54) is 18.6 Å².